The number of carbonyl (C=O) groups is 2. The van der Waals surface area contributed by atoms with Crippen LogP contribution in [0.25, 0.3) is 0 Å². The van der Waals surface area contributed by atoms with Gasteiger partial charge in [-0.1, -0.05) is 115 Å². The zero-order valence-corrected chi connectivity index (χ0v) is 29.3. The molecule has 0 aliphatic carbocycles. The summed E-state index contributed by atoms with van der Waals surface area (Å²) in [7, 11) is 0. The first kappa shape index (κ1) is 43.2. The van der Waals surface area contributed by atoms with Crippen LogP contribution in [0.5, 0.6) is 0 Å². The SMILES string of the molecule is CCCCCC/C=C/C=C/CCCCCCCC(=O)O[C@H](COC(=O)CCCCCCCCC)CO[C@H]1O[C@@H](CO)[C@@H](O)C(O)C1O. The summed E-state index contributed by atoms with van der Waals surface area (Å²) in [5.41, 5.74) is 0. The molecule has 0 aromatic heterocycles. The minimum absolute atomic E-state index is 0.214. The van der Waals surface area contributed by atoms with Crippen LogP contribution in [0, 0.1) is 0 Å². The third kappa shape index (κ3) is 21.7. The standard InChI is InChI=1S/C37H66O10/c1-3-5-7-9-11-12-13-14-15-16-17-18-20-22-24-26-33(40)46-30(28-44-32(39)25-23-21-19-10-8-6-4-2)29-45-37-36(43)35(42)34(41)31(27-38)47-37/h12-15,30-31,34-38,41-43H,3-11,16-29H2,1-2H3/b13-12+,15-14+/t30-,31+,34-,35?,36?,37+/m1/s1. The van der Waals surface area contributed by atoms with E-state index in [1.807, 2.05) is 0 Å². The Bertz CT molecular complexity index is 830. The molecule has 0 amide bonds. The highest BCUT2D eigenvalue weighted by atomic mass is 16.7. The van der Waals surface area contributed by atoms with Crippen molar-refractivity contribution in [2.24, 2.45) is 0 Å². The molecule has 1 rings (SSSR count). The number of ether oxygens (including phenoxy) is 4. The van der Waals surface area contributed by atoms with Crippen molar-refractivity contribution in [1.82, 2.24) is 0 Å². The second kappa shape index (κ2) is 29.1. The topological polar surface area (TPSA) is 152 Å². The number of hydrogen-bond donors (Lipinski definition) is 4. The average Bonchev–Trinajstić information content (AvgIpc) is 3.06. The smallest absolute Gasteiger partial charge is 0.306 e. The van der Waals surface area contributed by atoms with Gasteiger partial charge in [0, 0.05) is 12.8 Å². The first-order valence-electron chi connectivity index (χ1n) is 18.4. The maximum Gasteiger partial charge on any atom is 0.306 e. The molecule has 1 heterocycles. The molecule has 2 unspecified atom stereocenters. The molecule has 10 heteroatoms. The Morgan fingerprint density at radius 1 is 0.660 bits per heavy atom. The minimum Gasteiger partial charge on any atom is -0.462 e. The predicted molar refractivity (Wildman–Crippen MR) is 183 cm³/mol. The number of rotatable bonds is 29. The fraction of sp³-hybridized carbons (Fsp3) is 0.838. The molecule has 0 bridgehead atoms. The van der Waals surface area contributed by atoms with Crippen molar-refractivity contribution in [1.29, 1.82) is 0 Å². The van der Waals surface area contributed by atoms with Gasteiger partial charge >= 0.3 is 11.9 Å². The van der Waals surface area contributed by atoms with Gasteiger partial charge in [-0.15, -0.1) is 0 Å². The molecular formula is C37H66O10. The van der Waals surface area contributed by atoms with Gasteiger partial charge in [-0.3, -0.25) is 9.59 Å². The summed E-state index contributed by atoms with van der Waals surface area (Å²) in [6.45, 7) is 3.31. The van der Waals surface area contributed by atoms with Gasteiger partial charge in [-0.05, 0) is 38.5 Å². The molecule has 0 radical (unpaired) electrons. The van der Waals surface area contributed by atoms with Crippen LogP contribution in [-0.4, -0.2) is 89.0 Å². The largest absolute Gasteiger partial charge is 0.462 e. The monoisotopic (exact) mass is 670 g/mol. The van der Waals surface area contributed by atoms with E-state index in [4.69, 9.17) is 18.9 Å². The maximum absolute atomic E-state index is 12.6. The average molecular weight is 671 g/mol. The number of esters is 2. The van der Waals surface area contributed by atoms with Crippen molar-refractivity contribution < 1.29 is 49.0 Å². The van der Waals surface area contributed by atoms with E-state index in [0.29, 0.717) is 6.42 Å². The lowest BCUT2D eigenvalue weighted by Crippen LogP contribution is -2.59. The van der Waals surface area contributed by atoms with Crippen molar-refractivity contribution in [3.8, 4) is 0 Å². The van der Waals surface area contributed by atoms with Gasteiger partial charge in [0.05, 0.1) is 13.2 Å². The fourth-order valence-electron chi connectivity index (χ4n) is 5.35. The third-order valence-corrected chi connectivity index (χ3v) is 8.37. The lowest BCUT2D eigenvalue weighted by molar-refractivity contribution is -0.305. The Kier molecular flexibility index (Phi) is 26.8. The Labute approximate surface area is 283 Å². The lowest BCUT2D eigenvalue weighted by atomic mass is 9.99. The Morgan fingerprint density at radius 2 is 1.17 bits per heavy atom. The first-order valence-corrected chi connectivity index (χ1v) is 18.4. The van der Waals surface area contributed by atoms with Crippen LogP contribution in [0.1, 0.15) is 142 Å². The Balaban J connectivity index is 2.41. The summed E-state index contributed by atoms with van der Waals surface area (Å²) in [6.07, 6.45) is 20.7. The molecule has 0 aromatic carbocycles. The molecule has 0 saturated carbocycles. The van der Waals surface area contributed by atoms with E-state index in [0.717, 1.165) is 64.2 Å². The lowest BCUT2D eigenvalue weighted by Gasteiger charge is -2.39. The molecule has 6 atom stereocenters. The zero-order valence-electron chi connectivity index (χ0n) is 29.3. The summed E-state index contributed by atoms with van der Waals surface area (Å²) in [6, 6.07) is 0. The first-order chi connectivity index (χ1) is 22.8. The number of hydrogen-bond acceptors (Lipinski definition) is 10. The van der Waals surface area contributed by atoms with E-state index in [-0.39, 0.29) is 32.0 Å². The van der Waals surface area contributed by atoms with Gasteiger partial charge in [-0.2, -0.15) is 0 Å². The molecule has 274 valence electrons. The summed E-state index contributed by atoms with van der Waals surface area (Å²) < 4.78 is 21.9. The number of aliphatic hydroxyl groups excluding tert-OH is 4. The number of allylic oxidation sites excluding steroid dienone is 4. The highest BCUT2D eigenvalue weighted by Gasteiger charge is 2.44. The van der Waals surface area contributed by atoms with Gasteiger partial charge in [0.1, 0.15) is 31.0 Å². The van der Waals surface area contributed by atoms with Gasteiger partial charge in [0.25, 0.3) is 0 Å². The summed E-state index contributed by atoms with van der Waals surface area (Å²) in [4.78, 5) is 25.0. The molecular weight excluding hydrogens is 604 g/mol. The summed E-state index contributed by atoms with van der Waals surface area (Å²) in [5, 5.41) is 39.8. The maximum atomic E-state index is 12.6. The minimum atomic E-state index is -1.59. The molecule has 1 aliphatic heterocycles. The number of unbranched alkanes of at least 4 members (excludes halogenated alkanes) is 15. The second-order valence-corrected chi connectivity index (χ2v) is 12.7. The van der Waals surface area contributed by atoms with Crippen LogP contribution in [0.3, 0.4) is 0 Å². The van der Waals surface area contributed by atoms with Crippen LogP contribution < -0.4 is 0 Å². The molecule has 0 aromatic rings. The van der Waals surface area contributed by atoms with Crippen molar-refractivity contribution in [2.75, 3.05) is 19.8 Å². The van der Waals surface area contributed by atoms with Gasteiger partial charge < -0.3 is 39.4 Å². The van der Waals surface area contributed by atoms with E-state index in [9.17, 15) is 30.0 Å². The van der Waals surface area contributed by atoms with Crippen molar-refractivity contribution >= 4 is 11.9 Å². The van der Waals surface area contributed by atoms with Crippen LogP contribution in [0.15, 0.2) is 24.3 Å². The summed E-state index contributed by atoms with van der Waals surface area (Å²) in [5.74, 6) is -0.833. The van der Waals surface area contributed by atoms with Gasteiger partial charge in [0.15, 0.2) is 12.4 Å². The predicted octanol–water partition coefficient (Wildman–Crippen LogP) is 6.21. The van der Waals surface area contributed by atoms with E-state index < -0.39 is 49.4 Å². The van der Waals surface area contributed by atoms with E-state index in [2.05, 4.69) is 38.2 Å². The number of carbonyl (C=O) groups excluding carboxylic acids is 2. The zero-order chi connectivity index (χ0) is 34.5. The van der Waals surface area contributed by atoms with Crippen molar-refractivity contribution in [2.45, 2.75) is 179 Å². The van der Waals surface area contributed by atoms with Crippen LogP contribution in [-0.2, 0) is 28.5 Å². The molecule has 4 N–H and O–H groups in total. The summed E-state index contributed by atoms with van der Waals surface area (Å²) >= 11 is 0. The molecule has 1 aliphatic rings. The highest BCUT2D eigenvalue weighted by Crippen LogP contribution is 2.22. The van der Waals surface area contributed by atoms with Crippen molar-refractivity contribution in [3.63, 3.8) is 0 Å². The van der Waals surface area contributed by atoms with Crippen LogP contribution >= 0.6 is 0 Å². The van der Waals surface area contributed by atoms with Gasteiger partial charge in [-0.25, -0.2) is 0 Å². The molecule has 1 fully saturated rings. The van der Waals surface area contributed by atoms with Crippen molar-refractivity contribution in [3.05, 3.63) is 24.3 Å². The molecule has 47 heavy (non-hydrogen) atoms. The van der Waals surface area contributed by atoms with Crippen LogP contribution in [0.4, 0.5) is 0 Å². The third-order valence-electron chi connectivity index (χ3n) is 8.37. The molecule has 0 spiro atoms. The quantitative estimate of drug-likeness (QED) is 0.0411. The molecule has 10 nitrogen and oxygen atoms in total. The van der Waals surface area contributed by atoms with Gasteiger partial charge in [0.2, 0.25) is 0 Å². The van der Waals surface area contributed by atoms with E-state index in [1.165, 1.54) is 44.9 Å². The Hall–Kier alpha value is -1.82. The highest BCUT2D eigenvalue weighted by molar-refractivity contribution is 5.70. The van der Waals surface area contributed by atoms with E-state index in [1.54, 1.807) is 0 Å². The van der Waals surface area contributed by atoms with Crippen LogP contribution in [0.2, 0.25) is 0 Å². The number of aliphatic hydroxyl groups is 4. The fourth-order valence-corrected chi connectivity index (χ4v) is 5.35. The van der Waals surface area contributed by atoms with E-state index >= 15 is 0 Å². The molecule has 1 saturated heterocycles. The normalized spacial score (nSPS) is 22.2. The second-order valence-electron chi connectivity index (χ2n) is 12.7. The Morgan fingerprint density at radius 3 is 1.74 bits per heavy atom.